The molecule has 72 valence electrons. The highest BCUT2D eigenvalue weighted by Crippen LogP contribution is 2.07. The molecule has 0 aromatic carbocycles. The highest BCUT2D eigenvalue weighted by molar-refractivity contribution is 5.02. The molecule has 0 heterocycles. The van der Waals surface area contributed by atoms with E-state index in [1.54, 1.807) is 7.11 Å². The number of hydrogen-bond donors (Lipinski definition) is 0. The number of hydrogen-bond acceptors (Lipinski definition) is 3. The summed E-state index contributed by atoms with van der Waals surface area (Å²) in [6, 6.07) is 0. The van der Waals surface area contributed by atoms with Crippen LogP contribution in [0, 0.1) is 0 Å². The number of methoxy groups -OCH3 is 1. The normalized spacial score (nSPS) is 15.1. The van der Waals surface area contributed by atoms with Crippen LogP contribution in [0.4, 0.5) is 0 Å². The summed E-state index contributed by atoms with van der Waals surface area (Å²) in [6.45, 7) is 2.06. The van der Waals surface area contributed by atoms with E-state index in [-0.39, 0.29) is 6.23 Å². The topological polar surface area (TPSA) is 15.7 Å². The number of nitrogens with zero attached hydrogens (tertiary/aromatic N) is 2. The highest BCUT2D eigenvalue weighted by atomic mass is 16.5. The van der Waals surface area contributed by atoms with Crippen molar-refractivity contribution in [1.29, 1.82) is 0 Å². The molecular formula is C9H20N2O. The van der Waals surface area contributed by atoms with E-state index in [0.29, 0.717) is 0 Å². The summed E-state index contributed by atoms with van der Waals surface area (Å²) in [5.74, 6) is 0. The fourth-order valence-corrected chi connectivity index (χ4v) is 1.28. The van der Waals surface area contributed by atoms with Gasteiger partial charge in [-0.05, 0) is 26.6 Å². The van der Waals surface area contributed by atoms with E-state index in [2.05, 4.69) is 13.1 Å². The maximum absolute atomic E-state index is 5.31. The zero-order valence-electron chi connectivity index (χ0n) is 8.96. The second-order valence-electron chi connectivity index (χ2n) is 3.39. The summed E-state index contributed by atoms with van der Waals surface area (Å²) in [5, 5.41) is 0. The Balaban J connectivity index is 4.30. The van der Waals surface area contributed by atoms with E-state index < -0.39 is 0 Å². The smallest absolute Gasteiger partial charge is 0.133 e. The Labute approximate surface area is 75.6 Å². The first-order chi connectivity index (χ1) is 5.49. The van der Waals surface area contributed by atoms with Gasteiger partial charge in [-0.25, -0.2) is 0 Å². The fourth-order valence-electron chi connectivity index (χ4n) is 1.28. The van der Waals surface area contributed by atoms with Crippen molar-refractivity contribution < 1.29 is 4.74 Å². The van der Waals surface area contributed by atoms with Crippen molar-refractivity contribution in [2.45, 2.75) is 13.2 Å². The van der Waals surface area contributed by atoms with Crippen LogP contribution in [0.1, 0.15) is 6.92 Å². The molecular weight excluding hydrogens is 152 g/mol. The first-order valence-electron chi connectivity index (χ1n) is 4.03. The molecule has 0 rings (SSSR count). The van der Waals surface area contributed by atoms with E-state index in [1.807, 2.05) is 38.0 Å². The number of rotatable bonds is 4. The van der Waals surface area contributed by atoms with E-state index in [0.717, 1.165) is 0 Å². The molecule has 0 bridgehead atoms. The van der Waals surface area contributed by atoms with Gasteiger partial charge in [-0.1, -0.05) is 0 Å². The molecule has 0 aliphatic heterocycles. The summed E-state index contributed by atoms with van der Waals surface area (Å²) in [7, 11) is 9.73. The average molecular weight is 172 g/mol. The summed E-state index contributed by atoms with van der Waals surface area (Å²) in [4.78, 5) is 4.06. The molecule has 0 spiro atoms. The largest absolute Gasteiger partial charge is 0.383 e. The van der Waals surface area contributed by atoms with Crippen LogP contribution >= 0.6 is 0 Å². The summed E-state index contributed by atoms with van der Waals surface area (Å²) in [5.41, 5.74) is 1.20. The number of ether oxygens (including phenoxy) is 1. The van der Waals surface area contributed by atoms with Gasteiger partial charge in [0.25, 0.3) is 0 Å². The van der Waals surface area contributed by atoms with Gasteiger partial charge in [0.2, 0.25) is 0 Å². The molecule has 0 aromatic rings. The van der Waals surface area contributed by atoms with Gasteiger partial charge in [-0.15, -0.1) is 0 Å². The molecule has 0 radical (unpaired) electrons. The van der Waals surface area contributed by atoms with Crippen molar-refractivity contribution >= 4 is 0 Å². The molecule has 12 heavy (non-hydrogen) atoms. The molecule has 0 aromatic heterocycles. The Hall–Kier alpha value is -0.540. The van der Waals surface area contributed by atoms with Gasteiger partial charge in [-0.2, -0.15) is 0 Å². The van der Waals surface area contributed by atoms with Crippen molar-refractivity contribution in [2.75, 3.05) is 35.3 Å². The predicted molar refractivity (Wildman–Crippen MR) is 51.9 cm³/mol. The van der Waals surface area contributed by atoms with Gasteiger partial charge in [-0.3, -0.25) is 4.90 Å². The van der Waals surface area contributed by atoms with Crippen LogP contribution in [0.15, 0.2) is 11.8 Å². The molecule has 0 amide bonds. The molecule has 0 aliphatic carbocycles. The minimum atomic E-state index is 0.0763. The molecule has 1 unspecified atom stereocenters. The lowest BCUT2D eigenvalue weighted by atomic mass is 10.2. The van der Waals surface area contributed by atoms with E-state index in [9.17, 15) is 0 Å². The third-order valence-corrected chi connectivity index (χ3v) is 1.54. The standard InChI is InChI=1S/C9H20N2O/c1-8(7-10(2)3)9(12-6)11(4)5/h7,9H,1-6H3/b8-7+. The zero-order valence-corrected chi connectivity index (χ0v) is 8.96. The fraction of sp³-hybridized carbons (Fsp3) is 0.778. The van der Waals surface area contributed by atoms with Crippen LogP contribution in [0.2, 0.25) is 0 Å². The van der Waals surface area contributed by atoms with Gasteiger partial charge in [0.1, 0.15) is 6.23 Å². The van der Waals surface area contributed by atoms with Gasteiger partial charge in [0.15, 0.2) is 0 Å². The van der Waals surface area contributed by atoms with Crippen molar-refractivity contribution in [3.8, 4) is 0 Å². The summed E-state index contributed by atoms with van der Waals surface area (Å²) >= 11 is 0. The Morgan fingerprint density at radius 2 is 1.75 bits per heavy atom. The lowest BCUT2D eigenvalue weighted by Gasteiger charge is -2.24. The van der Waals surface area contributed by atoms with Gasteiger partial charge in [0, 0.05) is 27.4 Å². The summed E-state index contributed by atoms with van der Waals surface area (Å²) < 4.78 is 5.31. The molecule has 0 saturated carbocycles. The summed E-state index contributed by atoms with van der Waals surface area (Å²) in [6.07, 6.45) is 2.14. The van der Waals surface area contributed by atoms with Crippen LogP contribution in [-0.4, -0.2) is 51.3 Å². The monoisotopic (exact) mass is 172 g/mol. The van der Waals surface area contributed by atoms with Crippen LogP contribution < -0.4 is 0 Å². The molecule has 0 fully saturated rings. The van der Waals surface area contributed by atoms with Crippen molar-refractivity contribution in [1.82, 2.24) is 9.80 Å². The third kappa shape index (κ3) is 3.74. The minimum Gasteiger partial charge on any atom is -0.383 e. The minimum absolute atomic E-state index is 0.0763. The maximum Gasteiger partial charge on any atom is 0.133 e. The first-order valence-corrected chi connectivity index (χ1v) is 4.03. The van der Waals surface area contributed by atoms with Crippen molar-refractivity contribution in [3.05, 3.63) is 11.8 Å². The molecule has 0 N–H and O–H groups in total. The molecule has 3 heteroatoms. The third-order valence-electron chi connectivity index (χ3n) is 1.54. The second kappa shape index (κ2) is 5.17. The molecule has 1 atom stereocenters. The van der Waals surface area contributed by atoms with Gasteiger partial charge in [0.05, 0.1) is 0 Å². The Morgan fingerprint density at radius 3 is 2.00 bits per heavy atom. The maximum atomic E-state index is 5.31. The first kappa shape index (κ1) is 11.5. The quantitative estimate of drug-likeness (QED) is 0.588. The van der Waals surface area contributed by atoms with Crippen LogP contribution in [0.3, 0.4) is 0 Å². The Bertz CT molecular complexity index is 153. The lowest BCUT2D eigenvalue weighted by Crippen LogP contribution is -2.31. The van der Waals surface area contributed by atoms with E-state index in [4.69, 9.17) is 4.74 Å². The van der Waals surface area contributed by atoms with Gasteiger partial charge < -0.3 is 9.64 Å². The average Bonchev–Trinajstić information content (AvgIpc) is 1.85. The zero-order chi connectivity index (χ0) is 9.72. The molecule has 0 saturated heterocycles. The van der Waals surface area contributed by atoms with Crippen LogP contribution in [0.25, 0.3) is 0 Å². The van der Waals surface area contributed by atoms with Crippen LogP contribution in [0.5, 0.6) is 0 Å². The van der Waals surface area contributed by atoms with Crippen LogP contribution in [-0.2, 0) is 4.74 Å². The Morgan fingerprint density at radius 1 is 1.25 bits per heavy atom. The lowest BCUT2D eigenvalue weighted by molar-refractivity contribution is 0.0242. The molecule has 0 aliphatic rings. The second-order valence-corrected chi connectivity index (χ2v) is 3.39. The predicted octanol–water partition coefficient (Wildman–Crippen LogP) is 0.986. The number of likely N-dealkylation sites (N-methyl/N-ethyl adjacent to an activating group) is 1. The van der Waals surface area contributed by atoms with Crippen molar-refractivity contribution in [3.63, 3.8) is 0 Å². The highest BCUT2D eigenvalue weighted by Gasteiger charge is 2.11. The van der Waals surface area contributed by atoms with Gasteiger partial charge >= 0.3 is 0 Å². The molecule has 3 nitrogen and oxygen atoms in total. The Kier molecular flexibility index (Phi) is 4.93. The van der Waals surface area contributed by atoms with Crippen molar-refractivity contribution in [2.24, 2.45) is 0 Å². The SMILES string of the molecule is COC(/C(C)=C/N(C)C)N(C)C. The van der Waals surface area contributed by atoms with E-state index in [1.165, 1.54) is 5.57 Å². The van der Waals surface area contributed by atoms with E-state index >= 15 is 0 Å².